The van der Waals surface area contributed by atoms with Crippen molar-refractivity contribution in [3.05, 3.63) is 16.9 Å². The van der Waals surface area contributed by atoms with Crippen molar-refractivity contribution in [3.63, 3.8) is 0 Å². The van der Waals surface area contributed by atoms with Crippen molar-refractivity contribution in [2.45, 2.75) is 0 Å². The molecule has 0 aromatic carbocycles. The summed E-state index contributed by atoms with van der Waals surface area (Å²) in [5.41, 5.74) is 0. The molecule has 1 rings (SSSR count). The van der Waals surface area contributed by atoms with E-state index in [9.17, 15) is 13.2 Å². The van der Waals surface area contributed by atoms with E-state index < -0.39 is 16.4 Å². The molecule has 11 heavy (non-hydrogen) atoms. The number of hydrogen-bond donors (Lipinski definition) is 2. The van der Waals surface area contributed by atoms with Crippen LogP contribution >= 0.6 is 0 Å². The summed E-state index contributed by atoms with van der Waals surface area (Å²) in [7, 11) is -2.53. The van der Waals surface area contributed by atoms with Gasteiger partial charge in [-0.3, -0.25) is 5.10 Å². The van der Waals surface area contributed by atoms with Crippen molar-refractivity contribution in [3.8, 4) is 0 Å². The standard InChI is InChI=1S/C4H4N2O4S/c7-4(8)6-3(11(9)10)1-2-5-6/h1-2,5H,(H,7,8). The minimum Gasteiger partial charge on any atom is -0.463 e. The molecule has 0 amide bonds. The zero-order valence-electron chi connectivity index (χ0n) is 5.18. The molecule has 1 heterocycles. The molecule has 0 saturated heterocycles. The van der Waals surface area contributed by atoms with Crippen molar-refractivity contribution in [2.24, 2.45) is 0 Å². The first-order valence-corrected chi connectivity index (χ1v) is 3.62. The molecule has 0 atom stereocenters. The number of carbonyl (C=O) groups is 1. The van der Waals surface area contributed by atoms with Gasteiger partial charge in [0.1, 0.15) is 0 Å². The first-order chi connectivity index (χ1) is 5.13. The van der Waals surface area contributed by atoms with Gasteiger partial charge in [-0.15, -0.1) is 0 Å². The molecule has 6 nitrogen and oxygen atoms in total. The molecule has 60 valence electrons. The van der Waals surface area contributed by atoms with Gasteiger partial charge in [-0.25, -0.2) is 4.79 Å². The Morgan fingerprint density at radius 3 is 2.64 bits per heavy atom. The molecule has 7 heteroatoms. The third-order valence-corrected chi connectivity index (χ3v) is 1.67. The highest BCUT2D eigenvalue weighted by Gasteiger charge is 2.01. The van der Waals surface area contributed by atoms with E-state index in [1.54, 1.807) is 0 Å². The van der Waals surface area contributed by atoms with E-state index in [1.165, 1.54) is 6.20 Å². The summed E-state index contributed by atoms with van der Waals surface area (Å²) in [6.45, 7) is 0. The quantitative estimate of drug-likeness (QED) is 0.533. The van der Waals surface area contributed by atoms with Crippen molar-refractivity contribution in [1.29, 1.82) is 0 Å². The van der Waals surface area contributed by atoms with Crippen LogP contribution in [-0.2, 0) is 10.3 Å². The fraction of sp³-hybridized carbons (Fsp3) is 0. The lowest BCUT2D eigenvalue weighted by atomic mass is 10.7. The van der Waals surface area contributed by atoms with Gasteiger partial charge in [0.25, 0.3) is 0 Å². The number of aromatic nitrogens is 2. The molecule has 0 fully saturated rings. The topological polar surface area (TPSA) is 92.2 Å². The van der Waals surface area contributed by atoms with Gasteiger partial charge in [0.15, 0.2) is 4.64 Å². The highest BCUT2D eigenvalue weighted by Crippen LogP contribution is 1.86. The van der Waals surface area contributed by atoms with Crippen LogP contribution in [0.15, 0.2) is 12.3 Å². The number of hydrogen-bond acceptors (Lipinski definition) is 3. The Hall–Kier alpha value is -1.50. The minimum absolute atomic E-state index is 0.308. The number of aromatic amines is 1. The summed E-state index contributed by atoms with van der Waals surface area (Å²) in [6.07, 6.45) is -0.145. The van der Waals surface area contributed by atoms with Crippen molar-refractivity contribution >= 4 is 16.4 Å². The van der Waals surface area contributed by atoms with Gasteiger partial charge in [-0.05, 0) is 6.07 Å². The Morgan fingerprint density at radius 2 is 2.27 bits per heavy atom. The summed E-state index contributed by atoms with van der Waals surface area (Å²) < 4.78 is 20.8. The zero-order valence-corrected chi connectivity index (χ0v) is 6.00. The Balaban J connectivity index is 3.67. The molecule has 0 aliphatic rings. The van der Waals surface area contributed by atoms with E-state index in [1.807, 2.05) is 0 Å². The van der Waals surface area contributed by atoms with E-state index in [0.717, 1.165) is 6.07 Å². The molecule has 0 aliphatic heterocycles. The van der Waals surface area contributed by atoms with Gasteiger partial charge >= 0.3 is 6.09 Å². The van der Waals surface area contributed by atoms with E-state index in [2.05, 4.69) is 5.10 Å². The molecule has 0 spiro atoms. The van der Waals surface area contributed by atoms with Crippen molar-refractivity contribution in [2.75, 3.05) is 0 Å². The van der Waals surface area contributed by atoms with Crippen LogP contribution in [0.5, 0.6) is 0 Å². The predicted molar refractivity (Wildman–Crippen MR) is 34.4 cm³/mol. The lowest BCUT2D eigenvalue weighted by Gasteiger charge is -1.88. The Bertz CT molecular complexity index is 429. The Labute approximate surface area is 62.2 Å². The number of H-pyrrole nitrogens is 1. The molecular formula is C4H4N2O4S. The summed E-state index contributed by atoms with van der Waals surface area (Å²) in [6, 6.07) is 1.15. The summed E-state index contributed by atoms with van der Waals surface area (Å²) in [5.74, 6) is 0. The van der Waals surface area contributed by atoms with Crippen LogP contribution in [0, 0.1) is 4.64 Å². The molecule has 0 saturated carbocycles. The maximum Gasteiger partial charge on any atom is 0.431 e. The van der Waals surface area contributed by atoms with Crippen molar-refractivity contribution in [1.82, 2.24) is 9.78 Å². The van der Waals surface area contributed by atoms with Crippen LogP contribution in [-0.4, -0.2) is 29.4 Å². The molecule has 0 aliphatic carbocycles. The Morgan fingerprint density at radius 1 is 1.64 bits per heavy atom. The Kier molecular flexibility index (Phi) is 1.81. The van der Waals surface area contributed by atoms with Crippen LogP contribution in [0.25, 0.3) is 0 Å². The summed E-state index contributed by atoms with van der Waals surface area (Å²) in [4.78, 5) is 10.2. The maximum atomic E-state index is 10.3. The van der Waals surface area contributed by atoms with Gasteiger partial charge in [0, 0.05) is 6.20 Å². The number of nitrogens with zero attached hydrogens (tertiary/aromatic N) is 1. The molecule has 0 bridgehead atoms. The monoisotopic (exact) mass is 176 g/mol. The fourth-order valence-corrected chi connectivity index (χ4v) is 1.06. The highest BCUT2D eigenvalue weighted by molar-refractivity contribution is 7.63. The third-order valence-electron chi connectivity index (χ3n) is 1.01. The van der Waals surface area contributed by atoms with Gasteiger partial charge in [-0.2, -0.15) is 13.1 Å². The van der Waals surface area contributed by atoms with Crippen LogP contribution in [0.3, 0.4) is 0 Å². The molecular weight excluding hydrogens is 172 g/mol. The molecule has 1 aromatic heterocycles. The first kappa shape index (κ1) is 7.61. The van der Waals surface area contributed by atoms with Crippen molar-refractivity contribution < 1.29 is 18.3 Å². The third kappa shape index (κ3) is 1.32. The van der Waals surface area contributed by atoms with Crippen LogP contribution in [0.2, 0.25) is 0 Å². The number of nitrogens with one attached hydrogen (secondary N) is 1. The van der Waals surface area contributed by atoms with E-state index in [-0.39, 0.29) is 4.64 Å². The van der Waals surface area contributed by atoms with Gasteiger partial charge in [0.2, 0.25) is 10.3 Å². The fourth-order valence-electron chi connectivity index (χ4n) is 0.601. The normalized spacial score (nSPS) is 9.45. The number of rotatable bonds is 0. The molecule has 1 aromatic rings. The smallest absolute Gasteiger partial charge is 0.431 e. The van der Waals surface area contributed by atoms with E-state index >= 15 is 0 Å². The average Bonchev–Trinajstić information content (AvgIpc) is 2.32. The predicted octanol–water partition coefficient (Wildman–Crippen LogP) is -0.247. The minimum atomic E-state index is -2.53. The SMILES string of the molecule is O=C(O)n1[nH]ccc1=S(=O)=O. The van der Waals surface area contributed by atoms with Gasteiger partial charge < -0.3 is 5.11 Å². The largest absolute Gasteiger partial charge is 0.463 e. The lowest BCUT2D eigenvalue weighted by molar-refractivity contribution is 0.192. The maximum absolute atomic E-state index is 10.3. The highest BCUT2D eigenvalue weighted by atomic mass is 32.2. The van der Waals surface area contributed by atoms with Gasteiger partial charge in [-0.1, -0.05) is 0 Å². The van der Waals surface area contributed by atoms with Gasteiger partial charge in [0.05, 0.1) is 0 Å². The van der Waals surface area contributed by atoms with Crippen LogP contribution < -0.4 is 0 Å². The first-order valence-electron chi connectivity index (χ1n) is 2.55. The lowest BCUT2D eigenvalue weighted by Crippen LogP contribution is -2.09. The van der Waals surface area contributed by atoms with E-state index in [0.29, 0.717) is 4.68 Å². The second-order valence-corrected chi connectivity index (χ2v) is 2.54. The molecule has 0 radical (unpaired) electrons. The number of carboxylic acid groups (broad SMARTS) is 1. The molecule has 2 N–H and O–H groups in total. The van der Waals surface area contributed by atoms with Crippen LogP contribution in [0.4, 0.5) is 4.79 Å². The second kappa shape index (κ2) is 2.62. The van der Waals surface area contributed by atoms with Crippen LogP contribution in [0.1, 0.15) is 0 Å². The van der Waals surface area contributed by atoms with E-state index in [4.69, 9.17) is 5.11 Å². The average molecular weight is 176 g/mol. The zero-order chi connectivity index (χ0) is 8.43. The molecule has 0 unspecified atom stereocenters. The second-order valence-electron chi connectivity index (χ2n) is 1.65. The summed E-state index contributed by atoms with van der Waals surface area (Å²) in [5, 5.41) is 10.6. The summed E-state index contributed by atoms with van der Waals surface area (Å²) >= 11 is 0.